The molecule has 3 aromatic rings. The van der Waals surface area contributed by atoms with Crippen LogP contribution in [0.25, 0.3) is 0 Å². The van der Waals surface area contributed by atoms with E-state index in [0.29, 0.717) is 25.1 Å². The van der Waals surface area contributed by atoms with Gasteiger partial charge in [-0.1, -0.05) is 35.5 Å². The summed E-state index contributed by atoms with van der Waals surface area (Å²) in [5, 5.41) is 10.6. The van der Waals surface area contributed by atoms with Crippen molar-refractivity contribution in [3.63, 3.8) is 0 Å². The summed E-state index contributed by atoms with van der Waals surface area (Å²) in [6, 6.07) is 11.2. The number of ether oxygens (including phenoxy) is 1. The average Bonchev–Trinajstić information content (AvgIpc) is 2.99. The fourth-order valence-corrected chi connectivity index (χ4v) is 5.06. The Morgan fingerprint density at radius 2 is 1.76 bits per heavy atom. The summed E-state index contributed by atoms with van der Waals surface area (Å²) in [5.74, 6) is -0.194. The second-order valence-corrected chi connectivity index (χ2v) is 9.57. The van der Waals surface area contributed by atoms with Crippen LogP contribution in [-0.2, 0) is 6.54 Å². The van der Waals surface area contributed by atoms with Crippen molar-refractivity contribution in [3.8, 4) is 5.75 Å². The highest BCUT2D eigenvalue weighted by Gasteiger charge is 2.23. The van der Waals surface area contributed by atoms with Crippen molar-refractivity contribution in [1.82, 2.24) is 4.57 Å². The Morgan fingerprint density at radius 3 is 2.36 bits per heavy atom. The third-order valence-corrected chi connectivity index (χ3v) is 7.46. The van der Waals surface area contributed by atoms with Crippen LogP contribution in [-0.4, -0.2) is 28.0 Å². The number of hydrogen-bond donors (Lipinski definition) is 1. The molecule has 0 saturated heterocycles. The van der Waals surface area contributed by atoms with E-state index in [1.165, 1.54) is 18.7 Å². The van der Waals surface area contributed by atoms with Gasteiger partial charge >= 0.3 is 5.97 Å². The van der Waals surface area contributed by atoms with E-state index in [9.17, 15) is 14.7 Å². The molecule has 0 saturated carbocycles. The Morgan fingerprint density at radius 1 is 1.09 bits per heavy atom. The number of carboxylic acids is 1. The molecule has 33 heavy (non-hydrogen) atoms. The van der Waals surface area contributed by atoms with Gasteiger partial charge in [0, 0.05) is 32.6 Å². The van der Waals surface area contributed by atoms with E-state index in [1.807, 2.05) is 62.6 Å². The van der Waals surface area contributed by atoms with Crippen molar-refractivity contribution in [2.24, 2.45) is 0 Å². The summed E-state index contributed by atoms with van der Waals surface area (Å²) in [6.45, 7) is 10.2. The summed E-state index contributed by atoms with van der Waals surface area (Å²) in [6.07, 6.45) is 0.653. The molecule has 0 unspecified atom stereocenters. The minimum Gasteiger partial charge on any atom is -0.494 e. The lowest BCUT2D eigenvalue weighted by Gasteiger charge is -2.12. The van der Waals surface area contributed by atoms with Gasteiger partial charge in [-0.3, -0.25) is 4.79 Å². The highest BCUT2D eigenvalue weighted by molar-refractivity contribution is 7.99. The number of Topliss-reactive ketones (excluding diaryl/α,β-unsaturated/α-hetero) is 1. The molecular formula is C26H28ClNO4S. The normalized spacial score (nSPS) is 11.0. The third-order valence-electron chi connectivity index (χ3n) is 5.57. The van der Waals surface area contributed by atoms with Crippen molar-refractivity contribution in [2.75, 3.05) is 6.61 Å². The van der Waals surface area contributed by atoms with Gasteiger partial charge in [-0.2, -0.15) is 0 Å². The van der Waals surface area contributed by atoms with Gasteiger partial charge in [0.2, 0.25) is 0 Å². The molecule has 0 fully saturated rings. The van der Waals surface area contributed by atoms with E-state index in [-0.39, 0.29) is 11.5 Å². The smallest absolute Gasteiger partial charge is 0.352 e. The number of carbonyl (C=O) groups is 2. The first-order valence-corrected chi connectivity index (χ1v) is 11.9. The number of carboxylic acid groups (broad SMARTS) is 1. The molecule has 174 valence electrons. The van der Waals surface area contributed by atoms with Crippen LogP contribution in [0.1, 0.15) is 56.6 Å². The van der Waals surface area contributed by atoms with Crippen LogP contribution in [0.3, 0.4) is 0 Å². The number of hydrogen-bond acceptors (Lipinski definition) is 4. The molecule has 0 radical (unpaired) electrons. The largest absolute Gasteiger partial charge is 0.494 e. The monoisotopic (exact) mass is 485 g/mol. The number of nitrogens with zero attached hydrogens (tertiary/aromatic N) is 1. The van der Waals surface area contributed by atoms with E-state index in [1.54, 1.807) is 6.07 Å². The lowest BCUT2D eigenvalue weighted by molar-refractivity contribution is 0.0683. The molecule has 5 nitrogen and oxygen atoms in total. The minimum atomic E-state index is -0.954. The lowest BCUT2D eigenvalue weighted by Crippen LogP contribution is -2.13. The van der Waals surface area contributed by atoms with Gasteiger partial charge in [-0.05, 0) is 82.0 Å². The van der Waals surface area contributed by atoms with Crippen molar-refractivity contribution < 1.29 is 19.4 Å². The second-order valence-electron chi connectivity index (χ2n) is 8.10. The molecule has 0 spiro atoms. The molecule has 7 heteroatoms. The predicted molar refractivity (Wildman–Crippen MR) is 132 cm³/mol. The zero-order chi connectivity index (χ0) is 24.3. The summed E-state index contributed by atoms with van der Waals surface area (Å²) < 4.78 is 7.74. The molecule has 0 aliphatic heterocycles. The fourth-order valence-electron chi connectivity index (χ4n) is 3.88. The van der Waals surface area contributed by atoms with Gasteiger partial charge in [-0.25, -0.2) is 4.79 Å². The predicted octanol–water partition coefficient (Wildman–Crippen LogP) is 6.90. The Labute approximate surface area is 203 Å². The fraction of sp³-hybridized carbons (Fsp3) is 0.308. The molecule has 1 aromatic heterocycles. The van der Waals surface area contributed by atoms with Gasteiger partial charge in [0.25, 0.3) is 0 Å². The lowest BCUT2D eigenvalue weighted by atomic mass is 10.1. The van der Waals surface area contributed by atoms with Crippen LogP contribution in [0.5, 0.6) is 5.75 Å². The SMILES string of the molecule is CC(=O)c1cccc(Sc2c(C)c(C(=O)O)n(CCCOc3cc(C)c(Cl)c(C)c3)c2C)c1. The van der Waals surface area contributed by atoms with Crippen LogP contribution in [0.4, 0.5) is 0 Å². The zero-order valence-electron chi connectivity index (χ0n) is 19.5. The van der Waals surface area contributed by atoms with Crippen molar-refractivity contribution >= 4 is 35.1 Å². The van der Waals surface area contributed by atoms with Gasteiger partial charge in [-0.15, -0.1) is 0 Å². The minimum absolute atomic E-state index is 0.000707. The van der Waals surface area contributed by atoms with Crippen LogP contribution in [0.2, 0.25) is 5.02 Å². The molecule has 3 rings (SSSR count). The van der Waals surface area contributed by atoms with Crippen molar-refractivity contribution in [2.45, 2.75) is 57.4 Å². The van der Waals surface area contributed by atoms with Gasteiger partial charge in [0.1, 0.15) is 11.4 Å². The van der Waals surface area contributed by atoms with Crippen LogP contribution >= 0.6 is 23.4 Å². The number of benzene rings is 2. The Kier molecular flexibility index (Phi) is 7.92. The van der Waals surface area contributed by atoms with E-state index in [0.717, 1.165) is 42.9 Å². The number of aromatic nitrogens is 1. The summed E-state index contributed by atoms with van der Waals surface area (Å²) in [5.41, 5.74) is 4.47. The van der Waals surface area contributed by atoms with Gasteiger partial charge < -0.3 is 14.4 Å². The van der Waals surface area contributed by atoms with Crippen LogP contribution in [0, 0.1) is 27.7 Å². The van der Waals surface area contributed by atoms with Crippen molar-refractivity contribution in [1.29, 1.82) is 0 Å². The Balaban J connectivity index is 1.77. The number of aryl methyl sites for hydroxylation is 2. The third kappa shape index (κ3) is 5.63. The van der Waals surface area contributed by atoms with Crippen LogP contribution in [0.15, 0.2) is 46.2 Å². The molecule has 0 amide bonds. The molecule has 1 heterocycles. The number of aromatic carboxylic acids is 1. The number of carbonyl (C=O) groups excluding carboxylic acids is 1. The average molecular weight is 486 g/mol. The highest BCUT2D eigenvalue weighted by atomic mass is 35.5. The molecule has 2 aromatic carbocycles. The molecule has 0 aliphatic rings. The summed E-state index contributed by atoms with van der Waals surface area (Å²) in [4.78, 5) is 25.6. The quantitative estimate of drug-likeness (QED) is 0.264. The first kappa shape index (κ1) is 24.9. The number of halogens is 1. The maximum absolute atomic E-state index is 12.0. The number of rotatable bonds is 9. The highest BCUT2D eigenvalue weighted by Crippen LogP contribution is 2.37. The van der Waals surface area contributed by atoms with E-state index >= 15 is 0 Å². The Hall–Kier alpha value is -2.70. The maximum Gasteiger partial charge on any atom is 0.352 e. The standard InChI is InChI=1S/C26H28ClNO4S/c1-15-12-21(13-16(2)23(15)27)32-11-7-10-28-18(4)25(17(3)24(28)26(30)31)33-22-9-6-8-20(14-22)19(5)29/h6,8-9,12-14H,7,10-11H2,1-5H3,(H,30,31). The zero-order valence-corrected chi connectivity index (χ0v) is 21.1. The summed E-state index contributed by atoms with van der Waals surface area (Å²) in [7, 11) is 0. The topological polar surface area (TPSA) is 68.5 Å². The van der Waals surface area contributed by atoms with E-state index in [2.05, 4.69) is 0 Å². The molecular weight excluding hydrogens is 458 g/mol. The number of ketones is 1. The molecule has 1 N–H and O–H groups in total. The maximum atomic E-state index is 12.0. The van der Waals surface area contributed by atoms with Crippen LogP contribution < -0.4 is 4.74 Å². The van der Waals surface area contributed by atoms with E-state index in [4.69, 9.17) is 16.3 Å². The first-order chi connectivity index (χ1) is 15.6. The van der Waals surface area contributed by atoms with Crippen molar-refractivity contribution in [3.05, 3.63) is 75.1 Å². The first-order valence-electron chi connectivity index (χ1n) is 10.7. The van der Waals surface area contributed by atoms with E-state index < -0.39 is 5.97 Å². The van der Waals surface area contributed by atoms with Gasteiger partial charge in [0.05, 0.1) is 6.61 Å². The summed E-state index contributed by atoms with van der Waals surface area (Å²) >= 11 is 7.71. The Bertz CT molecular complexity index is 1190. The molecule has 0 aliphatic carbocycles. The molecule has 0 bridgehead atoms. The second kappa shape index (κ2) is 10.5. The van der Waals surface area contributed by atoms with Gasteiger partial charge in [0.15, 0.2) is 5.78 Å². The molecule has 0 atom stereocenters.